The lowest BCUT2D eigenvalue weighted by Crippen LogP contribution is -2.28. The summed E-state index contributed by atoms with van der Waals surface area (Å²) in [5, 5.41) is 0. The van der Waals surface area contributed by atoms with E-state index in [1.54, 1.807) is 0 Å². The van der Waals surface area contributed by atoms with E-state index in [1.165, 1.54) is 28.6 Å². The fourth-order valence-electron chi connectivity index (χ4n) is 1.80. The van der Waals surface area contributed by atoms with Crippen molar-refractivity contribution in [3.8, 4) is 0 Å². The molecule has 12 nitrogen and oxygen atoms in total. The minimum atomic E-state index is -4.60. The van der Waals surface area contributed by atoms with Crippen molar-refractivity contribution in [2.75, 3.05) is 31.6 Å². The molecule has 0 radical (unpaired) electrons. The average Bonchev–Trinajstić information content (AvgIpc) is 2.94. The summed E-state index contributed by atoms with van der Waals surface area (Å²) in [4.78, 5) is 33.8. The highest BCUT2D eigenvalue weighted by Crippen LogP contribution is 2.59. The Bertz CT molecular complexity index is 759. The van der Waals surface area contributed by atoms with Gasteiger partial charge >= 0.3 is 21.1 Å². The van der Waals surface area contributed by atoms with Gasteiger partial charge in [-0.3, -0.25) is 13.7 Å². The molecule has 15 heteroatoms. The first-order chi connectivity index (χ1) is 11.6. The summed E-state index contributed by atoms with van der Waals surface area (Å²) in [6, 6.07) is 1.46. The molecule has 0 aromatic carbocycles. The number of anilines is 1. The number of hydrogen-bond donors (Lipinski definition) is 3. The van der Waals surface area contributed by atoms with Crippen molar-refractivity contribution < 1.29 is 37.2 Å². The van der Waals surface area contributed by atoms with Crippen LogP contribution in [0.2, 0.25) is 0 Å². The number of hydrogen-bond acceptors (Lipinski definition) is 10. The summed E-state index contributed by atoms with van der Waals surface area (Å²) in [6.45, 7) is -0.102. The Morgan fingerprint density at radius 2 is 2.24 bits per heavy atom. The van der Waals surface area contributed by atoms with Gasteiger partial charge in [-0.05, 0) is 6.07 Å². The number of nitrogen functional groups attached to an aromatic ring is 1. The molecule has 0 amide bonds. The first-order valence-electron chi connectivity index (χ1n) is 6.73. The van der Waals surface area contributed by atoms with Crippen LogP contribution in [0, 0.1) is 0 Å². The summed E-state index contributed by atoms with van der Waals surface area (Å²) in [5.41, 5.74) is 4.34. The van der Waals surface area contributed by atoms with Gasteiger partial charge in [0.25, 0.3) is 0 Å². The molecular weight excluding hydrogens is 400 g/mol. The van der Waals surface area contributed by atoms with Gasteiger partial charge in [0, 0.05) is 19.1 Å². The second-order valence-electron chi connectivity index (χ2n) is 4.77. The van der Waals surface area contributed by atoms with Crippen molar-refractivity contribution in [3.63, 3.8) is 0 Å². The molecule has 1 aliphatic heterocycles. The first kappa shape index (κ1) is 20.6. The van der Waals surface area contributed by atoms with E-state index >= 15 is 0 Å². The van der Waals surface area contributed by atoms with E-state index in [1.807, 2.05) is 0 Å². The van der Waals surface area contributed by atoms with Crippen LogP contribution in [0.15, 0.2) is 17.1 Å². The molecule has 1 fully saturated rings. The van der Waals surface area contributed by atoms with Gasteiger partial charge in [0.2, 0.25) is 0 Å². The highest BCUT2D eigenvalue weighted by Gasteiger charge is 2.34. The molecule has 0 spiro atoms. The van der Waals surface area contributed by atoms with Crippen LogP contribution in [0.4, 0.5) is 5.82 Å². The van der Waals surface area contributed by atoms with Crippen molar-refractivity contribution in [1.82, 2.24) is 9.55 Å². The minimum absolute atomic E-state index is 0.0997. The van der Waals surface area contributed by atoms with Gasteiger partial charge in [-0.15, -0.1) is 11.8 Å². The topological polar surface area (TPSA) is 172 Å². The molecule has 4 atom stereocenters. The third kappa shape index (κ3) is 6.17. The number of nitrogens with zero attached hydrogens (tertiary/aromatic N) is 2. The molecular formula is C10H17N3O9P2S. The molecule has 0 saturated carbocycles. The van der Waals surface area contributed by atoms with E-state index in [9.17, 15) is 18.8 Å². The lowest BCUT2D eigenvalue weighted by molar-refractivity contribution is -0.0195. The van der Waals surface area contributed by atoms with Crippen molar-refractivity contribution in [3.05, 3.63) is 22.7 Å². The predicted molar refractivity (Wildman–Crippen MR) is 87.8 cm³/mol. The summed E-state index contributed by atoms with van der Waals surface area (Å²) in [7, 11) is -8.22. The van der Waals surface area contributed by atoms with E-state index in [4.69, 9.17) is 20.1 Å². The fraction of sp³-hybridized carbons (Fsp3) is 0.600. The SMILES string of the molecule is COP(=O)(O)OP(=O)(O)COC[C@H]1O[C@@H](n2ccc(N)nc2=O)CS1. The van der Waals surface area contributed by atoms with Crippen LogP contribution in [0.1, 0.15) is 6.23 Å². The lowest BCUT2D eigenvalue weighted by atomic mass is 10.5. The third-order valence-corrected chi connectivity index (χ3v) is 6.78. The predicted octanol–water partition coefficient (Wildman–Crippen LogP) is 0.336. The molecule has 142 valence electrons. The second kappa shape index (κ2) is 8.30. The standard InChI is InChI=1S/C10H17N3O9P2S/c1-19-24(17,18)22-23(15,16)6-20-4-9-21-8(5-25-9)13-3-2-7(11)12-10(13)14/h2-3,8-9H,4-6H2,1H3,(H,15,16)(H,17,18)(H2,11,12,14)/t8-,9+/m1/s1. The second-order valence-corrected chi connectivity index (χ2v) is 9.45. The number of aromatic nitrogens is 2. The minimum Gasteiger partial charge on any atom is -0.383 e. The molecule has 4 N–H and O–H groups in total. The van der Waals surface area contributed by atoms with Crippen molar-refractivity contribution in [2.45, 2.75) is 11.7 Å². The quantitative estimate of drug-likeness (QED) is 0.496. The van der Waals surface area contributed by atoms with E-state index in [-0.39, 0.29) is 12.4 Å². The first-order valence-corrected chi connectivity index (χ1v) is 11.0. The Morgan fingerprint density at radius 3 is 2.88 bits per heavy atom. The normalized spacial score (nSPS) is 25.4. The van der Waals surface area contributed by atoms with Crippen LogP contribution in [0.3, 0.4) is 0 Å². The van der Waals surface area contributed by atoms with Crippen LogP contribution >= 0.6 is 27.2 Å². The smallest absolute Gasteiger partial charge is 0.383 e. The van der Waals surface area contributed by atoms with Gasteiger partial charge in [0.15, 0.2) is 0 Å². The van der Waals surface area contributed by atoms with Crippen LogP contribution in [-0.2, 0) is 27.4 Å². The molecule has 25 heavy (non-hydrogen) atoms. The number of phosphoric acid groups is 1. The monoisotopic (exact) mass is 417 g/mol. The summed E-state index contributed by atoms with van der Waals surface area (Å²) >= 11 is 1.32. The van der Waals surface area contributed by atoms with E-state index in [2.05, 4.69) is 13.8 Å². The molecule has 0 bridgehead atoms. The average molecular weight is 417 g/mol. The maximum Gasteiger partial charge on any atom is 0.479 e. The molecule has 0 aliphatic carbocycles. The Labute approximate surface area is 146 Å². The van der Waals surface area contributed by atoms with E-state index < -0.39 is 39.1 Å². The van der Waals surface area contributed by atoms with E-state index in [0.717, 1.165) is 7.11 Å². The number of phosphoric ester groups is 1. The fourth-order valence-corrected chi connectivity index (χ4v) is 4.90. The summed E-state index contributed by atoms with van der Waals surface area (Å²) < 4.78 is 42.8. The molecule has 2 heterocycles. The zero-order chi connectivity index (χ0) is 18.7. The lowest BCUT2D eigenvalue weighted by Gasteiger charge is -2.17. The maximum atomic E-state index is 11.7. The number of thioether (sulfide) groups is 1. The van der Waals surface area contributed by atoms with Crippen LogP contribution < -0.4 is 11.4 Å². The van der Waals surface area contributed by atoms with Crippen molar-refractivity contribution in [2.24, 2.45) is 0 Å². The Morgan fingerprint density at radius 1 is 1.52 bits per heavy atom. The molecule has 2 rings (SSSR count). The highest BCUT2D eigenvalue weighted by molar-refractivity contribution is 8.00. The molecule has 1 saturated heterocycles. The van der Waals surface area contributed by atoms with Crippen molar-refractivity contribution >= 4 is 33.0 Å². The van der Waals surface area contributed by atoms with Gasteiger partial charge in [0.1, 0.15) is 23.8 Å². The van der Waals surface area contributed by atoms with Gasteiger partial charge in [-0.25, -0.2) is 13.7 Å². The van der Waals surface area contributed by atoms with E-state index in [0.29, 0.717) is 5.75 Å². The van der Waals surface area contributed by atoms with Crippen LogP contribution in [0.25, 0.3) is 0 Å². The van der Waals surface area contributed by atoms with Crippen LogP contribution in [0.5, 0.6) is 0 Å². The van der Waals surface area contributed by atoms with Crippen molar-refractivity contribution in [1.29, 1.82) is 0 Å². The number of ether oxygens (including phenoxy) is 2. The van der Waals surface area contributed by atoms with Gasteiger partial charge in [-0.1, -0.05) is 0 Å². The van der Waals surface area contributed by atoms with Crippen LogP contribution in [-0.4, -0.2) is 50.6 Å². The van der Waals surface area contributed by atoms with Gasteiger partial charge in [-0.2, -0.15) is 4.98 Å². The maximum absolute atomic E-state index is 11.7. The Kier molecular flexibility index (Phi) is 6.82. The summed E-state index contributed by atoms with van der Waals surface area (Å²) in [6.07, 6.45) is 0.0517. The third-order valence-electron chi connectivity index (χ3n) is 2.87. The molecule has 2 unspecified atom stereocenters. The summed E-state index contributed by atoms with van der Waals surface area (Å²) in [5.74, 6) is 0.533. The largest absolute Gasteiger partial charge is 0.479 e. The van der Waals surface area contributed by atoms with Gasteiger partial charge in [0.05, 0.1) is 6.61 Å². The Hall–Kier alpha value is -0.750. The zero-order valence-corrected chi connectivity index (χ0v) is 15.6. The number of rotatable bonds is 8. The molecule has 1 aliphatic rings. The zero-order valence-electron chi connectivity index (χ0n) is 13.0. The van der Waals surface area contributed by atoms with Gasteiger partial charge < -0.3 is 25.0 Å². The molecule has 1 aromatic rings. The Balaban J connectivity index is 1.83. The molecule has 1 aromatic heterocycles. The highest BCUT2D eigenvalue weighted by atomic mass is 32.2. The number of nitrogens with two attached hydrogens (primary N) is 1.